The van der Waals surface area contributed by atoms with Crippen LogP contribution >= 0.6 is 0 Å². The highest BCUT2D eigenvalue weighted by atomic mass is 15.1. The lowest BCUT2D eigenvalue weighted by atomic mass is 10.1. The first-order valence-electron chi connectivity index (χ1n) is 6.75. The zero-order valence-corrected chi connectivity index (χ0v) is 11.0. The molecule has 0 N–H and O–H groups in total. The van der Waals surface area contributed by atoms with Crippen LogP contribution in [0.1, 0.15) is 5.69 Å². The van der Waals surface area contributed by atoms with Gasteiger partial charge in [0.25, 0.3) is 0 Å². The summed E-state index contributed by atoms with van der Waals surface area (Å²) in [7, 11) is 0. The molecule has 0 spiro atoms. The van der Waals surface area contributed by atoms with Crippen molar-refractivity contribution < 1.29 is 0 Å². The summed E-state index contributed by atoms with van der Waals surface area (Å²) in [5.41, 5.74) is 6.62. The zero-order chi connectivity index (χ0) is 12.8. The molecular weight excluding hydrogens is 232 g/mol. The molecule has 0 aliphatic carbocycles. The molecule has 19 heavy (non-hydrogen) atoms. The summed E-state index contributed by atoms with van der Waals surface area (Å²) in [6.07, 6.45) is 2.27. The number of aryl methyl sites for hydroxylation is 2. The molecule has 3 aromatic rings. The van der Waals surface area contributed by atoms with Gasteiger partial charge >= 0.3 is 0 Å². The third-order valence-corrected chi connectivity index (χ3v) is 4.03. The largest absolute Gasteiger partial charge is 0.344 e. The lowest BCUT2D eigenvalue weighted by Crippen LogP contribution is -2.15. The summed E-state index contributed by atoms with van der Waals surface area (Å²) in [6.45, 7) is 4.31. The third-order valence-electron chi connectivity index (χ3n) is 4.03. The van der Waals surface area contributed by atoms with Crippen molar-refractivity contribution >= 4 is 0 Å². The Morgan fingerprint density at radius 1 is 0.842 bits per heavy atom. The summed E-state index contributed by atoms with van der Waals surface area (Å²) in [6, 6.07) is 17.3. The molecule has 0 fully saturated rings. The van der Waals surface area contributed by atoms with Crippen molar-refractivity contribution in [2.24, 2.45) is 0 Å². The number of hydrogen-bond donors (Lipinski definition) is 0. The van der Waals surface area contributed by atoms with Gasteiger partial charge in [0, 0.05) is 30.5 Å². The smallest absolute Gasteiger partial charge is 0.0655 e. The standard InChI is InChI=1S/C17H16N2/c1-13-7-8-16-17-11-15(14-5-3-2-4-6-14)12-18(17)9-10-19(13)16/h2-8,11-12H,9-10H2,1H3. The van der Waals surface area contributed by atoms with Crippen molar-refractivity contribution in [1.82, 2.24) is 9.13 Å². The third kappa shape index (κ3) is 1.56. The molecule has 2 nitrogen and oxygen atoms in total. The Labute approximate surface area is 112 Å². The van der Waals surface area contributed by atoms with Crippen molar-refractivity contribution in [2.75, 3.05) is 0 Å². The van der Waals surface area contributed by atoms with Gasteiger partial charge in [-0.2, -0.15) is 0 Å². The Bertz CT molecular complexity index is 732. The van der Waals surface area contributed by atoms with E-state index in [0.29, 0.717) is 0 Å². The van der Waals surface area contributed by atoms with Gasteiger partial charge in [0.1, 0.15) is 0 Å². The SMILES string of the molecule is Cc1ccc2n1CCn1cc(-c3ccccc3)cc1-2. The second kappa shape index (κ2) is 3.89. The second-order valence-corrected chi connectivity index (χ2v) is 5.19. The fourth-order valence-corrected chi connectivity index (χ4v) is 3.00. The highest BCUT2D eigenvalue weighted by molar-refractivity contribution is 5.71. The van der Waals surface area contributed by atoms with Gasteiger partial charge in [0.2, 0.25) is 0 Å². The average molecular weight is 248 g/mol. The van der Waals surface area contributed by atoms with Crippen LogP contribution in [0.5, 0.6) is 0 Å². The van der Waals surface area contributed by atoms with Gasteiger partial charge < -0.3 is 9.13 Å². The molecule has 2 heteroatoms. The molecule has 94 valence electrons. The van der Waals surface area contributed by atoms with E-state index in [1.807, 2.05) is 0 Å². The predicted octanol–water partition coefficient (Wildman–Crippen LogP) is 3.95. The molecular formula is C17H16N2. The van der Waals surface area contributed by atoms with Gasteiger partial charge in [-0.25, -0.2) is 0 Å². The predicted molar refractivity (Wildman–Crippen MR) is 78.0 cm³/mol. The molecule has 1 aromatic carbocycles. The molecule has 0 amide bonds. The maximum atomic E-state index is 2.41. The Morgan fingerprint density at radius 3 is 2.53 bits per heavy atom. The van der Waals surface area contributed by atoms with Gasteiger partial charge in [0.05, 0.1) is 11.4 Å². The van der Waals surface area contributed by atoms with Crippen LogP contribution < -0.4 is 0 Å². The molecule has 0 saturated heterocycles. The van der Waals surface area contributed by atoms with Crippen LogP contribution in [0.3, 0.4) is 0 Å². The normalized spacial score (nSPS) is 13.1. The topological polar surface area (TPSA) is 9.86 Å². The van der Waals surface area contributed by atoms with Crippen LogP contribution in [0.2, 0.25) is 0 Å². The van der Waals surface area contributed by atoms with Crippen LogP contribution in [-0.4, -0.2) is 9.13 Å². The van der Waals surface area contributed by atoms with E-state index in [0.717, 1.165) is 13.1 Å². The number of benzene rings is 1. The van der Waals surface area contributed by atoms with E-state index >= 15 is 0 Å². The molecule has 0 saturated carbocycles. The number of nitrogens with zero attached hydrogens (tertiary/aromatic N) is 2. The Morgan fingerprint density at radius 2 is 1.68 bits per heavy atom. The zero-order valence-electron chi connectivity index (χ0n) is 11.0. The average Bonchev–Trinajstić information content (AvgIpc) is 3.03. The van der Waals surface area contributed by atoms with E-state index in [1.165, 1.54) is 28.2 Å². The number of hydrogen-bond acceptors (Lipinski definition) is 0. The van der Waals surface area contributed by atoms with E-state index in [4.69, 9.17) is 0 Å². The molecule has 4 rings (SSSR count). The number of rotatable bonds is 1. The Balaban J connectivity index is 1.87. The van der Waals surface area contributed by atoms with E-state index in [2.05, 4.69) is 70.8 Å². The maximum absolute atomic E-state index is 2.41. The molecule has 3 heterocycles. The van der Waals surface area contributed by atoms with E-state index < -0.39 is 0 Å². The van der Waals surface area contributed by atoms with E-state index in [9.17, 15) is 0 Å². The first-order chi connectivity index (χ1) is 9.33. The first kappa shape index (κ1) is 10.7. The minimum Gasteiger partial charge on any atom is -0.344 e. The van der Waals surface area contributed by atoms with Gasteiger partial charge in [-0.1, -0.05) is 30.3 Å². The molecule has 0 atom stereocenters. The minimum absolute atomic E-state index is 1.06. The molecule has 1 aliphatic rings. The minimum atomic E-state index is 1.06. The fraction of sp³-hybridized carbons (Fsp3) is 0.176. The highest BCUT2D eigenvalue weighted by Crippen LogP contribution is 2.32. The Kier molecular flexibility index (Phi) is 2.18. The molecule has 0 unspecified atom stereocenters. The van der Waals surface area contributed by atoms with Gasteiger partial charge in [0.15, 0.2) is 0 Å². The summed E-state index contributed by atoms with van der Waals surface area (Å²) in [5, 5.41) is 0. The van der Waals surface area contributed by atoms with Crippen molar-refractivity contribution in [3.63, 3.8) is 0 Å². The van der Waals surface area contributed by atoms with Crippen LogP contribution in [0.15, 0.2) is 54.7 Å². The number of aromatic nitrogens is 2. The summed E-state index contributed by atoms with van der Waals surface area (Å²) < 4.78 is 4.78. The molecule has 1 aliphatic heterocycles. The first-order valence-corrected chi connectivity index (χ1v) is 6.75. The fourth-order valence-electron chi connectivity index (χ4n) is 3.00. The van der Waals surface area contributed by atoms with Gasteiger partial charge in [-0.05, 0) is 30.7 Å². The summed E-state index contributed by atoms with van der Waals surface area (Å²) in [4.78, 5) is 0. The van der Waals surface area contributed by atoms with Crippen LogP contribution in [-0.2, 0) is 13.1 Å². The van der Waals surface area contributed by atoms with E-state index in [1.54, 1.807) is 0 Å². The Hall–Kier alpha value is -2.22. The highest BCUT2D eigenvalue weighted by Gasteiger charge is 2.18. The van der Waals surface area contributed by atoms with Crippen LogP contribution in [0.4, 0.5) is 0 Å². The van der Waals surface area contributed by atoms with Crippen LogP contribution in [0, 0.1) is 6.92 Å². The monoisotopic (exact) mass is 248 g/mol. The molecule has 0 radical (unpaired) electrons. The van der Waals surface area contributed by atoms with Crippen LogP contribution in [0.25, 0.3) is 22.5 Å². The van der Waals surface area contributed by atoms with Crippen molar-refractivity contribution in [3.05, 3.63) is 60.4 Å². The molecule has 0 bridgehead atoms. The lowest BCUT2D eigenvalue weighted by Gasteiger charge is -2.20. The number of fused-ring (bicyclic) bond motifs is 3. The van der Waals surface area contributed by atoms with E-state index in [-0.39, 0.29) is 0 Å². The second-order valence-electron chi connectivity index (χ2n) is 5.19. The quantitative estimate of drug-likeness (QED) is 0.617. The lowest BCUT2D eigenvalue weighted by molar-refractivity contribution is 0.552. The summed E-state index contributed by atoms with van der Waals surface area (Å²) >= 11 is 0. The van der Waals surface area contributed by atoms with Gasteiger partial charge in [-0.15, -0.1) is 0 Å². The summed E-state index contributed by atoms with van der Waals surface area (Å²) in [5.74, 6) is 0. The van der Waals surface area contributed by atoms with Crippen molar-refractivity contribution in [1.29, 1.82) is 0 Å². The maximum Gasteiger partial charge on any atom is 0.0655 e. The molecule has 2 aromatic heterocycles. The van der Waals surface area contributed by atoms with Crippen molar-refractivity contribution in [3.8, 4) is 22.5 Å². The van der Waals surface area contributed by atoms with Crippen molar-refractivity contribution in [2.45, 2.75) is 20.0 Å². The van der Waals surface area contributed by atoms with Gasteiger partial charge in [-0.3, -0.25) is 0 Å².